The first-order valence-corrected chi connectivity index (χ1v) is 7.97. The van der Waals surface area contributed by atoms with Crippen LogP contribution < -0.4 is 4.18 Å². The van der Waals surface area contributed by atoms with Gasteiger partial charge in [0, 0.05) is 17.8 Å². The van der Waals surface area contributed by atoms with Crippen molar-refractivity contribution < 1.29 is 35.3 Å². The van der Waals surface area contributed by atoms with Gasteiger partial charge in [0.2, 0.25) is 5.88 Å². The van der Waals surface area contributed by atoms with E-state index in [0.29, 0.717) is 11.6 Å². The number of aromatic hydroxyl groups is 1. The van der Waals surface area contributed by atoms with Crippen molar-refractivity contribution in [1.82, 2.24) is 4.98 Å². The second-order valence-corrected chi connectivity index (χ2v) is 6.60. The van der Waals surface area contributed by atoms with Crippen LogP contribution in [0.4, 0.5) is 17.6 Å². The number of rotatable bonds is 3. The maximum absolute atomic E-state index is 13.1. The first-order chi connectivity index (χ1) is 10.9. The Morgan fingerprint density at radius 3 is 2.46 bits per heavy atom. The van der Waals surface area contributed by atoms with E-state index >= 15 is 0 Å². The average molecular weight is 383 g/mol. The highest BCUT2D eigenvalue weighted by Gasteiger charge is 2.49. The second kappa shape index (κ2) is 6.06. The third-order valence-electron chi connectivity index (χ3n) is 2.94. The van der Waals surface area contributed by atoms with Crippen molar-refractivity contribution in [3.63, 3.8) is 0 Å². The number of hydrogen-bond acceptors (Lipinski definition) is 5. The SMILES string of the molecule is Cc1c[nH]c(OS(=O)(=O)C(F)(F)F)c(-c2ccc(F)cc2O)c1=S. The molecule has 0 saturated heterocycles. The van der Waals surface area contributed by atoms with Gasteiger partial charge in [-0.2, -0.15) is 21.6 Å². The summed E-state index contributed by atoms with van der Waals surface area (Å²) in [4.78, 5) is 2.24. The monoisotopic (exact) mass is 383 g/mol. The predicted octanol–water partition coefficient (Wildman–Crippen LogP) is 3.79. The molecule has 24 heavy (non-hydrogen) atoms. The second-order valence-electron chi connectivity index (χ2n) is 4.65. The Bertz CT molecular complexity index is 951. The molecule has 130 valence electrons. The number of halogens is 4. The van der Waals surface area contributed by atoms with E-state index in [1.54, 1.807) is 0 Å². The fraction of sp³-hybridized carbons (Fsp3) is 0.154. The van der Waals surface area contributed by atoms with Crippen LogP contribution in [0.5, 0.6) is 11.6 Å². The van der Waals surface area contributed by atoms with Crippen LogP contribution in [0.25, 0.3) is 11.1 Å². The van der Waals surface area contributed by atoms with Crippen LogP contribution in [0.3, 0.4) is 0 Å². The first-order valence-electron chi connectivity index (χ1n) is 6.16. The number of alkyl halides is 3. The molecule has 2 aromatic rings. The van der Waals surface area contributed by atoms with Gasteiger partial charge in [0.15, 0.2) is 0 Å². The maximum atomic E-state index is 13.1. The molecule has 0 unspecified atom stereocenters. The zero-order valence-electron chi connectivity index (χ0n) is 11.8. The number of H-pyrrole nitrogens is 1. The Hall–Kier alpha value is -2.14. The third kappa shape index (κ3) is 3.36. The van der Waals surface area contributed by atoms with Gasteiger partial charge in [0.1, 0.15) is 11.6 Å². The fourth-order valence-electron chi connectivity index (χ4n) is 1.80. The number of benzene rings is 1. The Morgan fingerprint density at radius 1 is 1.29 bits per heavy atom. The Balaban J connectivity index is 2.72. The Kier molecular flexibility index (Phi) is 4.59. The lowest BCUT2D eigenvalue weighted by atomic mass is 10.0. The highest BCUT2D eigenvalue weighted by molar-refractivity contribution is 7.88. The van der Waals surface area contributed by atoms with Gasteiger partial charge in [-0.3, -0.25) is 0 Å². The topological polar surface area (TPSA) is 79.4 Å². The highest BCUT2D eigenvalue weighted by atomic mass is 32.2. The molecule has 0 atom stereocenters. The van der Waals surface area contributed by atoms with Crippen LogP contribution >= 0.6 is 12.2 Å². The molecule has 0 aliphatic carbocycles. The summed E-state index contributed by atoms with van der Waals surface area (Å²) in [6, 6.07) is 2.67. The Labute approximate surface area is 138 Å². The molecule has 0 saturated carbocycles. The molecule has 0 bridgehead atoms. The molecule has 1 heterocycles. The van der Waals surface area contributed by atoms with Crippen molar-refractivity contribution in [1.29, 1.82) is 0 Å². The van der Waals surface area contributed by atoms with E-state index in [1.807, 2.05) is 0 Å². The van der Waals surface area contributed by atoms with Crippen LogP contribution in [0.1, 0.15) is 5.56 Å². The van der Waals surface area contributed by atoms with E-state index in [0.717, 1.165) is 18.3 Å². The molecule has 0 amide bonds. The molecule has 2 N–H and O–H groups in total. The molecule has 0 aliphatic rings. The molecule has 0 spiro atoms. The molecular weight excluding hydrogens is 374 g/mol. The molecule has 1 aromatic heterocycles. The zero-order chi connectivity index (χ0) is 18.3. The number of hydrogen-bond donors (Lipinski definition) is 2. The minimum absolute atomic E-state index is 0.0666. The molecule has 11 heteroatoms. The Morgan fingerprint density at radius 2 is 1.92 bits per heavy atom. The summed E-state index contributed by atoms with van der Waals surface area (Å²) in [6.07, 6.45) is 1.15. The maximum Gasteiger partial charge on any atom is 0.534 e. The van der Waals surface area contributed by atoms with Crippen molar-refractivity contribution in [3.8, 4) is 22.8 Å². The van der Waals surface area contributed by atoms with Gasteiger partial charge < -0.3 is 14.3 Å². The van der Waals surface area contributed by atoms with Gasteiger partial charge in [-0.1, -0.05) is 12.2 Å². The molecule has 0 fully saturated rings. The largest absolute Gasteiger partial charge is 0.534 e. The van der Waals surface area contributed by atoms with Crippen molar-refractivity contribution >= 4 is 22.3 Å². The number of aromatic nitrogens is 1. The smallest absolute Gasteiger partial charge is 0.507 e. The van der Waals surface area contributed by atoms with E-state index in [4.69, 9.17) is 12.2 Å². The fourth-order valence-corrected chi connectivity index (χ4v) is 2.50. The standard InChI is InChI=1S/C13H9F4NO4S2/c1-6-5-18-12(22-24(20,21)13(15,16)17)10(11(6)23)8-3-2-7(14)4-9(8)19/h2-5,19H,1H3,(H,18,23). The summed E-state index contributed by atoms with van der Waals surface area (Å²) in [7, 11) is -5.97. The lowest BCUT2D eigenvalue weighted by Gasteiger charge is -2.14. The van der Waals surface area contributed by atoms with Gasteiger partial charge >= 0.3 is 15.6 Å². The minimum Gasteiger partial charge on any atom is -0.507 e. The normalized spacial score (nSPS) is 12.2. The number of aromatic amines is 1. The van der Waals surface area contributed by atoms with E-state index in [2.05, 4.69) is 9.17 Å². The summed E-state index contributed by atoms with van der Waals surface area (Å²) in [5, 5.41) is 9.82. The highest BCUT2D eigenvalue weighted by Crippen LogP contribution is 2.38. The van der Waals surface area contributed by atoms with Gasteiger partial charge in [-0.05, 0) is 24.6 Å². The summed E-state index contributed by atoms with van der Waals surface area (Å²) in [5.74, 6) is -2.29. The van der Waals surface area contributed by atoms with Crippen LogP contribution in [0, 0.1) is 17.3 Å². The number of phenolic OH excluding ortho intramolecular Hbond substituents is 1. The van der Waals surface area contributed by atoms with Crippen LogP contribution in [-0.4, -0.2) is 24.0 Å². The van der Waals surface area contributed by atoms with Crippen LogP contribution in [0.2, 0.25) is 0 Å². The average Bonchev–Trinajstić information content (AvgIpc) is 2.43. The lowest BCUT2D eigenvalue weighted by molar-refractivity contribution is -0.0501. The van der Waals surface area contributed by atoms with Gasteiger partial charge in [0.05, 0.1) is 10.1 Å². The van der Waals surface area contributed by atoms with Crippen LogP contribution in [0.15, 0.2) is 24.4 Å². The van der Waals surface area contributed by atoms with Crippen molar-refractivity contribution in [2.75, 3.05) is 0 Å². The number of aryl methyl sites for hydroxylation is 1. The summed E-state index contributed by atoms with van der Waals surface area (Å²) in [6.45, 7) is 1.50. The van der Waals surface area contributed by atoms with Crippen molar-refractivity contribution in [2.24, 2.45) is 0 Å². The van der Waals surface area contributed by atoms with Gasteiger partial charge in [-0.15, -0.1) is 0 Å². The quantitative estimate of drug-likeness (QED) is 0.365. The van der Waals surface area contributed by atoms with Gasteiger partial charge in [-0.25, -0.2) is 4.39 Å². The van der Waals surface area contributed by atoms with E-state index in [9.17, 15) is 31.1 Å². The summed E-state index contributed by atoms with van der Waals surface area (Å²) in [5.41, 5.74) is -5.78. The number of pyridine rings is 1. The first kappa shape index (κ1) is 18.2. The lowest BCUT2D eigenvalue weighted by Crippen LogP contribution is -2.28. The third-order valence-corrected chi connectivity index (χ3v) is 4.42. The molecule has 2 rings (SSSR count). The predicted molar refractivity (Wildman–Crippen MR) is 79.0 cm³/mol. The van der Waals surface area contributed by atoms with Crippen molar-refractivity contribution in [2.45, 2.75) is 12.4 Å². The minimum atomic E-state index is -5.97. The van der Waals surface area contributed by atoms with E-state index < -0.39 is 33.1 Å². The van der Waals surface area contributed by atoms with Crippen molar-refractivity contribution in [3.05, 3.63) is 40.3 Å². The summed E-state index contributed by atoms with van der Waals surface area (Å²) >= 11 is 5.06. The number of nitrogens with one attached hydrogen (secondary N) is 1. The van der Waals surface area contributed by atoms with E-state index in [-0.39, 0.29) is 15.6 Å². The zero-order valence-corrected chi connectivity index (χ0v) is 13.4. The van der Waals surface area contributed by atoms with Crippen LogP contribution in [-0.2, 0) is 10.1 Å². The molecule has 1 aromatic carbocycles. The molecule has 5 nitrogen and oxygen atoms in total. The molecule has 0 radical (unpaired) electrons. The van der Waals surface area contributed by atoms with Gasteiger partial charge in [0.25, 0.3) is 0 Å². The molecule has 0 aliphatic heterocycles. The van der Waals surface area contributed by atoms with E-state index in [1.165, 1.54) is 6.92 Å². The molecular formula is C13H9F4NO4S2. The number of phenols is 1. The summed E-state index contributed by atoms with van der Waals surface area (Å²) < 4.78 is 77.1.